The summed E-state index contributed by atoms with van der Waals surface area (Å²) >= 11 is 3.35. The Morgan fingerprint density at radius 1 is 1.44 bits per heavy atom. The van der Waals surface area contributed by atoms with Crippen LogP contribution >= 0.6 is 15.9 Å². The van der Waals surface area contributed by atoms with Crippen molar-refractivity contribution >= 4 is 15.9 Å². The van der Waals surface area contributed by atoms with E-state index in [0.717, 1.165) is 11.8 Å². The van der Waals surface area contributed by atoms with Crippen LogP contribution < -0.4 is 0 Å². The van der Waals surface area contributed by atoms with Crippen LogP contribution in [0, 0.1) is 11.8 Å². The van der Waals surface area contributed by atoms with Gasteiger partial charge in [0.25, 0.3) is 0 Å². The minimum atomic E-state index is 0.323. The lowest BCUT2D eigenvalue weighted by Gasteiger charge is -2.15. The zero-order valence-electron chi connectivity index (χ0n) is 6.10. The SMILES string of the molecule is CC(C)[C@H](CO)CCBr. The third-order valence-corrected chi connectivity index (χ3v) is 2.12. The molecule has 1 atom stereocenters. The lowest BCUT2D eigenvalue weighted by Crippen LogP contribution is -2.13. The van der Waals surface area contributed by atoms with E-state index in [2.05, 4.69) is 29.8 Å². The highest BCUT2D eigenvalue weighted by Gasteiger charge is 2.09. The van der Waals surface area contributed by atoms with Crippen molar-refractivity contribution in [3.8, 4) is 0 Å². The number of hydrogen-bond donors (Lipinski definition) is 1. The molecular formula is C7H15BrO. The zero-order chi connectivity index (χ0) is 7.28. The van der Waals surface area contributed by atoms with Crippen molar-refractivity contribution in [2.45, 2.75) is 20.3 Å². The van der Waals surface area contributed by atoms with Crippen molar-refractivity contribution in [1.82, 2.24) is 0 Å². The van der Waals surface area contributed by atoms with Gasteiger partial charge in [-0.05, 0) is 18.3 Å². The third-order valence-electron chi connectivity index (χ3n) is 1.66. The Hall–Kier alpha value is 0.440. The maximum atomic E-state index is 8.81. The third kappa shape index (κ3) is 3.93. The molecule has 0 aromatic carbocycles. The Labute approximate surface area is 65.6 Å². The zero-order valence-corrected chi connectivity index (χ0v) is 7.69. The average molecular weight is 195 g/mol. The second kappa shape index (κ2) is 5.24. The van der Waals surface area contributed by atoms with E-state index in [1.807, 2.05) is 0 Å². The van der Waals surface area contributed by atoms with Crippen LogP contribution in [0.2, 0.25) is 0 Å². The predicted octanol–water partition coefficient (Wildman–Crippen LogP) is 2.04. The van der Waals surface area contributed by atoms with Gasteiger partial charge in [0.1, 0.15) is 0 Å². The fourth-order valence-electron chi connectivity index (χ4n) is 0.776. The average Bonchev–Trinajstić information content (AvgIpc) is 1.82. The van der Waals surface area contributed by atoms with Crippen molar-refractivity contribution in [3.63, 3.8) is 0 Å². The van der Waals surface area contributed by atoms with Gasteiger partial charge in [-0.3, -0.25) is 0 Å². The molecule has 0 rings (SSSR count). The minimum Gasteiger partial charge on any atom is -0.396 e. The van der Waals surface area contributed by atoms with Gasteiger partial charge in [-0.1, -0.05) is 29.8 Å². The number of halogens is 1. The number of aliphatic hydroxyl groups is 1. The Morgan fingerprint density at radius 3 is 2.11 bits per heavy atom. The Kier molecular flexibility index (Phi) is 5.50. The van der Waals surface area contributed by atoms with Crippen molar-refractivity contribution in [2.75, 3.05) is 11.9 Å². The van der Waals surface area contributed by atoms with Gasteiger partial charge < -0.3 is 5.11 Å². The highest BCUT2D eigenvalue weighted by molar-refractivity contribution is 9.09. The van der Waals surface area contributed by atoms with Gasteiger partial charge in [0.15, 0.2) is 0 Å². The molecule has 0 fully saturated rings. The molecule has 0 radical (unpaired) electrons. The quantitative estimate of drug-likeness (QED) is 0.680. The van der Waals surface area contributed by atoms with Crippen LogP contribution in [0.3, 0.4) is 0 Å². The fraction of sp³-hybridized carbons (Fsp3) is 1.00. The summed E-state index contributed by atoms with van der Waals surface area (Å²) in [4.78, 5) is 0. The van der Waals surface area contributed by atoms with Crippen molar-refractivity contribution in [2.24, 2.45) is 11.8 Å². The summed E-state index contributed by atoms with van der Waals surface area (Å²) in [6.07, 6.45) is 1.08. The van der Waals surface area contributed by atoms with Gasteiger partial charge in [-0.25, -0.2) is 0 Å². The Bertz CT molecular complexity index is 63.9. The summed E-state index contributed by atoms with van der Waals surface area (Å²) in [5, 5.41) is 9.80. The van der Waals surface area contributed by atoms with E-state index in [-0.39, 0.29) is 0 Å². The first-order valence-electron chi connectivity index (χ1n) is 3.39. The van der Waals surface area contributed by atoms with Crippen LogP contribution in [0.5, 0.6) is 0 Å². The molecule has 0 spiro atoms. The standard InChI is InChI=1S/C7H15BrO/c1-6(2)7(5-9)3-4-8/h6-7,9H,3-5H2,1-2H3/t7-/m0/s1. The highest BCUT2D eigenvalue weighted by Crippen LogP contribution is 2.14. The molecule has 0 aliphatic heterocycles. The van der Waals surface area contributed by atoms with Gasteiger partial charge in [-0.2, -0.15) is 0 Å². The lowest BCUT2D eigenvalue weighted by atomic mass is 9.94. The topological polar surface area (TPSA) is 20.2 Å². The molecule has 0 bridgehead atoms. The molecule has 0 unspecified atom stereocenters. The Balaban J connectivity index is 3.41. The molecule has 0 amide bonds. The minimum absolute atomic E-state index is 0.323. The van der Waals surface area contributed by atoms with E-state index in [1.165, 1.54) is 0 Å². The van der Waals surface area contributed by atoms with Gasteiger partial charge in [-0.15, -0.1) is 0 Å². The second-order valence-corrected chi connectivity index (χ2v) is 3.46. The number of hydrogen-bond acceptors (Lipinski definition) is 1. The van der Waals surface area contributed by atoms with Gasteiger partial charge in [0.05, 0.1) is 0 Å². The number of alkyl halides is 1. The molecule has 0 aliphatic rings. The molecule has 0 aliphatic carbocycles. The summed E-state index contributed by atoms with van der Waals surface area (Å²) in [5.41, 5.74) is 0. The monoisotopic (exact) mass is 194 g/mol. The van der Waals surface area contributed by atoms with Crippen LogP contribution in [0.1, 0.15) is 20.3 Å². The van der Waals surface area contributed by atoms with Crippen LogP contribution in [-0.2, 0) is 0 Å². The lowest BCUT2D eigenvalue weighted by molar-refractivity contribution is 0.187. The van der Waals surface area contributed by atoms with E-state index >= 15 is 0 Å². The molecule has 0 saturated heterocycles. The summed E-state index contributed by atoms with van der Waals surface area (Å²) in [7, 11) is 0. The molecule has 0 aromatic rings. The fourth-order valence-corrected chi connectivity index (χ4v) is 1.36. The van der Waals surface area contributed by atoms with Crippen LogP contribution in [0.25, 0.3) is 0 Å². The van der Waals surface area contributed by atoms with Crippen LogP contribution in [0.15, 0.2) is 0 Å². The van der Waals surface area contributed by atoms with Crippen molar-refractivity contribution in [1.29, 1.82) is 0 Å². The van der Waals surface area contributed by atoms with E-state index < -0.39 is 0 Å². The van der Waals surface area contributed by atoms with E-state index in [4.69, 9.17) is 5.11 Å². The maximum absolute atomic E-state index is 8.81. The first kappa shape index (κ1) is 9.44. The van der Waals surface area contributed by atoms with Crippen LogP contribution in [-0.4, -0.2) is 17.0 Å². The predicted molar refractivity (Wildman–Crippen MR) is 43.8 cm³/mol. The molecule has 9 heavy (non-hydrogen) atoms. The molecular weight excluding hydrogens is 180 g/mol. The molecule has 2 heteroatoms. The molecule has 0 heterocycles. The van der Waals surface area contributed by atoms with Gasteiger partial charge in [0.2, 0.25) is 0 Å². The molecule has 1 nitrogen and oxygen atoms in total. The normalized spacial score (nSPS) is 14.3. The molecule has 56 valence electrons. The first-order valence-corrected chi connectivity index (χ1v) is 4.51. The smallest absolute Gasteiger partial charge is 0.0462 e. The van der Waals surface area contributed by atoms with Gasteiger partial charge in [0, 0.05) is 11.9 Å². The van der Waals surface area contributed by atoms with E-state index in [9.17, 15) is 0 Å². The van der Waals surface area contributed by atoms with Gasteiger partial charge >= 0.3 is 0 Å². The summed E-state index contributed by atoms with van der Waals surface area (Å²) < 4.78 is 0. The molecule has 0 aromatic heterocycles. The summed E-state index contributed by atoms with van der Waals surface area (Å²) in [6.45, 7) is 4.61. The Morgan fingerprint density at radius 2 is 2.00 bits per heavy atom. The maximum Gasteiger partial charge on any atom is 0.0462 e. The first-order chi connectivity index (χ1) is 4.22. The number of aliphatic hydroxyl groups excluding tert-OH is 1. The summed E-state index contributed by atoms with van der Waals surface area (Å²) in [5.74, 6) is 1.08. The largest absolute Gasteiger partial charge is 0.396 e. The second-order valence-electron chi connectivity index (χ2n) is 2.66. The van der Waals surface area contributed by atoms with Crippen LogP contribution in [0.4, 0.5) is 0 Å². The van der Waals surface area contributed by atoms with Crippen molar-refractivity contribution in [3.05, 3.63) is 0 Å². The molecule has 0 saturated carbocycles. The summed E-state index contributed by atoms with van der Waals surface area (Å²) in [6, 6.07) is 0. The van der Waals surface area contributed by atoms with E-state index in [0.29, 0.717) is 18.4 Å². The highest BCUT2D eigenvalue weighted by atomic mass is 79.9. The van der Waals surface area contributed by atoms with E-state index in [1.54, 1.807) is 0 Å². The molecule has 1 N–H and O–H groups in total. The number of rotatable bonds is 4. The van der Waals surface area contributed by atoms with Crippen molar-refractivity contribution < 1.29 is 5.11 Å².